The summed E-state index contributed by atoms with van der Waals surface area (Å²) >= 11 is 11.5. The van der Waals surface area contributed by atoms with Crippen molar-refractivity contribution in [3.05, 3.63) is 23.8 Å². The molecule has 0 radical (unpaired) electrons. The molecule has 32 heavy (non-hydrogen) atoms. The van der Waals surface area contributed by atoms with E-state index in [1.165, 1.54) is 0 Å². The second kappa shape index (κ2) is 8.14. The molecule has 8 heteroatoms. The lowest BCUT2D eigenvalue weighted by Gasteiger charge is -2.59. The molecule has 0 spiro atoms. The molecule has 0 amide bonds. The van der Waals surface area contributed by atoms with Crippen molar-refractivity contribution >= 4 is 40.9 Å². The summed E-state index contributed by atoms with van der Waals surface area (Å²) in [5.74, 6) is -1.47. The summed E-state index contributed by atoms with van der Waals surface area (Å²) in [6.07, 6.45) is 7.25. The molecule has 7 atom stereocenters. The lowest BCUT2D eigenvalue weighted by molar-refractivity contribution is -0.212. The minimum absolute atomic E-state index is 0.0168. The van der Waals surface area contributed by atoms with E-state index in [0.717, 1.165) is 18.4 Å². The maximum absolute atomic E-state index is 13.3. The van der Waals surface area contributed by atoms with E-state index in [9.17, 15) is 19.5 Å². The molecule has 176 valence electrons. The summed E-state index contributed by atoms with van der Waals surface area (Å²) in [5, 5.41) is 11.5. The Hall–Kier alpha value is -1.37. The van der Waals surface area contributed by atoms with Crippen molar-refractivity contribution in [2.75, 3.05) is 6.61 Å². The van der Waals surface area contributed by atoms with Crippen LogP contribution in [0.1, 0.15) is 52.9 Å². The summed E-state index contributed by atoms with van der Waals surface area (Å²) in [6, 6.07) is 0. The highest BCUT2D eigenvalue weighted by Gasteiger charge is 2.71. The van der Waals surface area contributed by atoms with Gasteiger partial charge in [-0.3, -0.25) is 4.79 Å². The Bertz CT molecular complexity index is 897. The number of halogens is 2. The molecule has 3 saturated carbocycles. The molecule has 0 aromatic carbocycles. The quantitative estimate of drug-likeness (QED) is 0.480. The van der Waals surface area contributed by atoms with Gasteiger partial charge in [0.15, 0.2) is 5.78 Å². The van der Waals surface area contributed by atoms with Gasteiger partial charge in [0.1, 0.15) is 0 Å². The Balaban J connectivity index is 1.75. The van der Waals surface area contributed by atoms with Crippen LogP contribution in [0.3, 0.4) is 0 Å². The SMILES string of the molecule is CCOC(=O)[C@@]1(OC(=O)C(Cl)Cl)CC[C@H]2[C@@H]3CCC4=CC(=O)C=C[C@@]4(C)[C@H]3[C@@H](O)C[C@@]21C. The van der Waals surface area contributed by atoms with Crippen molar-refractivity contribution in [3.63, 3.8) is 0 Å². The van der Waals surface area contributed by atoms with Gasteiger partial charge in [-0.05, 0) is 63.0 Å². The molecular formula is C24H30Cl2O6. The van der Waals surface area contributed by atoms with E-state index in [1.807, 2.05) is 13.0 Å². The van der Waals surface area contributed by atoms with Crippen molar-refractivity contribution in [3.8, 4) is 0 Å². The number of carbonyl (C=O) groups excluding carboxylic acids is 3. The van der Waals surface area contributed by atoms with Crippen LogP contribution < -0.4 is 0 Å². The highest BCUT2D eigenvalue weighted by atomic mass is 35.5. The van der Waals surface area contributed by atoms with Gasteiger partial charge in [-0.25, -0.2) is 9.59 Å². The van der Waals surface area contributed by atoms with Crippen LogP contribution in [0.5, 0.6) is 0 Å². The second-order valence-electron chi connectivity index (χ2n) is 10.0. The minimum Gasteiger partial charge on any atom is -0.463 e. The van der Waals surface area contributed by atoms with Gasteiger partial charge < -0.3 is 14.6 Å². The van der Waals surface area contributed by atoms with Crippen molar-refractivity contribution in [2.24, 2.45) is 28.6 Å². The number of ketones is 1. The summed E-state index contributed by atoms with van der Waals surface area (Å²) in [4.78, 5) is 36.3. The summed E-state index contributed by atoms with van der Waals surface area (Å²) < 4.78 is 11.1. The van der Waals surface area contributed by atoms with Crippen LogP contribution in [-0.4, -0.2) is 46.0 Å². The lowest BCUT2D eigenvalue weighted by Crippen LogP contribution is -2.63. The highest BCUT2D eigenvalue weighted by Crippen LogP contribution is 2.68. The molecule has 4 aliphatic carbocycles. The number of aliphatic hydroxyl groups excluding tert-OH is 1. The highest BCUT2D eigenvalue weighted by molar-refractivity contribution is 6.53. The average molecular weight is 485 g/mol. The van der Waals surface area contributed by atoms with E-state index < -0.39 is 39.3 Å². The van der Waals surface area contributed by atoms with Crippen LogP contribution in [0.25, 0.3) is 0 Å². The third-order valence-electron chi connectivity index (χ3n) is 8.67. The fourth-order valence-corrected chi connectivity index (χ4v) is 7.41. The van der Waals surface area contributed by atoms with Crippen molar-refractivity contribution in [2.45, 2.75) is 69.4 Å². The van der Waals surface area contributed by atoms with E-state index in [4.69, 9.17) is 32.7 Å². The minimum atomic E-state index is -1.55. The number of hydrogen-bond acceptors (Lipinski definition) is 6. The molecule has 0 unspecified atom stereocenters. The monoisotopic (exact) mass is 484 g/mol. The molecule has 1 N–H and O–H groups in total. The summed E-state index contributed by atoms with van der Waals surface area (Å²) in [5.41, 5.74) is -1.74. The maximum Gasteiger partial charge on any atom is 0.351 e. The van der Waals surface area contributed by atoms with Gasteiger partial charge in [-0.15, -0.1) is 0 Å². The van der Waals surface area contributed by atoms with Gasteiger partial charge in [0, 0.05) is 16.7 Å². The molecule has 0 saturated heterocycles. The van der Waals surface area contributed by atoms with Crippen LogP contribution >= 0.6 is 23.2 Å². The van der Waals surface area contributed by atoms with E-state index in [2.05, 4.69) is 6.92 Å². The number of alkyl halides is 2. The number of carbonyl (C=O) groups is 3. The Morgan fingerprint density at radius 3 is 2.66 bits per heavy atom. The Morgan fingerprint density at radius 1 is 1.28 bits per heavy atom. The first-order valence-electron chi connectivity index (χ1n) is 11.3. The standard InChI is InChI=1S/C24H30Cl2O6/c1-4-31-21(30)24(32-20(29)19(25)26)10-8-16-15-6-5-13-11-14(27)7-9-22(13,2)18(15)17(28)12-23(16,24)3/h7,9,11,15-19,28H,4-6,8,10,12H2,1-3H3/t15-,16-,17-,18+,22+,23-,24-/m0/s1. The molecule has 6 nitrogen and oxygen atoms in total. The predicted molar refractivity (Wildman–Crippen MR) is 119 cm³/mol. The number of allylic oxidation sites excluding steroid dienone is 4. The van der Waals surface area contributed by atoms with Crippen LogP contribution in [0.15, 0.2) is 23.8 Å². The fourth-order valence-electron chi connectivity index (χ4n) is 7.32. The number of fused-ring (bicyclic) bond motifs is 5. The molecule has 0 bridgehead atoms. The molecule has 0 aromatic heterocycles. The third-order valence-corrected chi connectivity index (χ3v) is 9.03. The van der Waals surface area contributed by atoms with Crippen LogP contribution in [-0.2, 0) is 23.9 Å². The Kier molecular flexibility index (Phi) is 6.05. The first-order valence-corrected chi connectivity index (χ1v) is 12.2. The molecular weight excluding hydrogens is 455 g/mol. The zero-order valence-corrected chi connectivity index (χ0v) is 20.1. The Morgan fingerprint density at radius 2 is 2.00 bits per heavy atom. The van der Waals surface area contributed by atoms with Gasteiger partial charge in [0.25, 0.3) is 0 Å². The first kappa shape index (κ1) is 23.8. The van der Waals surface area contributed by atoms with Crippen LogP contribution in [0.4, 0.5) is 0 Å². The van der Waals surface area contributed by atoms with Crippen molar-refractivity contribution < 1.29 is 29.0 Å². The molecule has 4 rings (SSSR count). The van der Waals surface area contributed by atoms with E-state index >= 15 is 0 Å². The zero-order valence-electron chi connectivity index (χ0n) is 18.6. The molecule has 4 aliphatic rings. The van der Waals surface area contributed by atoms with E-state index in [-0.39, 0.29) is 36.6 Å². The van der Waals surface area contributed by atoms with Gasteiger partial charge in [0.2, 0.25) is 10.4 Å². The maximum atomic E-state index is 13.3. The number of aliphatic hydroxyl groups is 1. The molecule has 0 aromatic rings. The number of esters is 2. The smallest absolute Gasteiger partial charge is 0.351 e. The predicted octanol–water partition coefficient (Wildman–Crippen LogP) is 3.91. The largest absolute Gasteiger partial charge is 0.463 e. The summed E-state index contributed by atoms with van der Waals surface area (Å²) in [6.45, 7) is 5.85. The van der Waals surface area contributed by atoms with Gasteiger partial charge in [0.05, 0.1) is 12.7 Å². The van der Waals surface area contributed by atoms with E-state index in [1.54, 1.807) is 19.1 Å². The van der Waals surface area contributed by atoms with Crippen molar-refractivity contribution in [1.29, 1.82) is 0 Å². The molecule has 0 heterocycles. The van der Waals surface area contributed by atoms with Gasteiger partial charge in [-0.1, -0.05) is 48.7 Å². The average Bonchev–Trinajstić information content (AvgIpc) is 3.01. The van der Waals surface area contributed by atoms with Gasteiger partial charge >= 0.3 is 11.9 Å². The molecule has 0 aliphatic heterocycles. The number of rotatable bonds is 4. The number of ether oxygens (including phenoxy) is 2. The summed E-state index contributed by atoms with van der Waals surface area (Å²) in [7, 11) is 0. The van der Waals surface area contributed by atoms with E-state index in [0.29, 0.717) is 12.8 Å². The van der Waals surface area contributed by atoms with Gasteiger partial charge in [-0.2, -0.15) is 0 Å². The topological polar surface area (TPSA) is 89.9 Å². The lowest BCUT2D eigenvalue weighted by atomic mass is 9.46. The van der Waals surface area contributed by atoms with Crippen LogP contribution in [0, 0.1) is 28.6 Å². The zero-order chi connectivity index (χ0) is 23.5. The first-order chi connectivity index (χ1) is 15.0. The number of hydrogen-bond donors (Lipinski definition) is 1. The fraction of sp³-hybridized carbons (Fsp3) is 0.708. The Labute approximate surface area is 198 Å². The third kappa shape index (κ3) is 3.28. The normalized spacial score (nSPS) is 42.6. The molecule has 3 fully saturated rings. The second-order valence-corrected chi connectivity index (χ2v) is 11.1. The van der Waals surface area contributed by atoms with Crippen molar-refractivity contribution in [1.82, 2.24) is 0 Å². The van der Waals surface area contributed by atoms with Crippen LogP contribution in [0.2, 0.25) is 0 Å².